The lowest BCUT2D eigenvalue weighted by Gasteiger charge is -2.57. The second-order valence-corrected chi connectivity index (χ2v) is 5.84. The Hall–Kier alpha value is -1.82. The number of hydrogen-bond acceptors (Lipinski definition) is 4. The van der Waals surface area contributed by atoms with Gasteiger partial charge in [-0.1, -0.05) is 13.8 Å². The Morgan fingerprint density at radius 2 is 2.09 bits per heavy atom. The van der Waals surface area contributed by atoms with E-state index in [9.17, 15) is 9.59 Å². The molecule has 1 aromatic rings. The first-order valence-corrected chi connectivity index (χ1v) is 7.53. The third-order valence-corrected chi connectivity index (χ3v) is 5.19. The lowest BCUT2D eigenvalue weighted by molar-refractivity contribution is -0.147. The third-order valence-electron chi connectivity index (χ3n) is 5.19. The molecule has 0 bridgehead atoms. The van der Waals surface area contributed by atoms with Crippen molar-refractivity contribution in [2.75, 3.05) is 14.2 Å². The molecule has 2 atom stereocenters. The van der Waals surface area contributed by atoms with Crippen LogP contribution < -0.4 is 0 Å². The highest BCUT2D eigenvalue weighted by Crippen LogP contribution is 2.51. The van der Waals surface area contributed by atoms with Crippen molar-refractivity contribution in [1.29, 1.82) is 0 Å². The number of methoxy groups -OCH3 is 1. The Morgan fingerprint density at radius 1 is 1.45 bits per heavy atom. The van der Waals surface area contributed by atoms with Gasteiger partial charge in [-0.25, -0.2) is 4.79 Å². The van der Waals surface area contributed by atoms with Gasteiger partial charge in [0.1, 0.15) is 6.26 Å². The number of aromatic carboxylic acids is 1. The predicted molar refractivity (Wildman–Crippen MR) is 80.0 cm³/mol. The maximum absolute atomic E-state index is 12.5. The van der Waals surface area contributed by atoms with Crippen molar-refractivity contribution in [3.63, 3.8) is 0 Å². The highest BCUT2D eigenvalue weighted by atomic mass is 16.5. The second-order valence-electron chi connectivity index (χ2n) is 5.84. The lowest BCUT2D eigenvalue weighted by Crippen LogP contribution is -2.64. The van der Waals surface area contributed by atoms with Crippen LogP contribution in [0.15, 0.2) is 16.7 Å². The number of rotatable bonds is 6. The van der Waals surface area contributed by atoms with Gasteiger partial charge in [0, 0.05) is 31.7 Å². The van der Waals surface area contributed by atoms with Gasteiger partial charge in [0.2, 0.25) is 0 Å². The van der Waals surface area contributed by atoms with Crippen LogP contribution in [0.1, 0.15) is 54.0 Å². The number of carboxylic acids is 1. The number of carboxylic acid groups (broad SMARTS) is 1. The predicted octanol–water partition coefficient (Wildman–Crippen LogP) is 2.64. The Bertz CT molecular complexity index is 561. The number of furan rings is 1. The molecule has 0 spiro atoms. The molecule has 0 aliphatic heterocycles. The number of carbonyl (C=O) groups is 2. The molecule has 122 valence electrons. The quantitative estimate of drug-likeness (QED) is 0.873. The summed E-state index contributed by atoms with van der Waals surface area (Å²) in [5, 5.41) is 8.91. The van der Waals surface area contributed by atoms with E-state index in [0.29, 0.717) is 0 Å². The maximum Gasteiger partial charge on any atom is 0.338 e. The summed E-state index contributed by atoms with van der Waals surface area (Å²) in [6.45, 7) is 4.21. The standard InChI is InChI=1S/C16H23NO5/c1-5-16(6-2)12(8-13(16)21-4)17(3)14(18)11-7-10(9-22-11)15(19)20/h7,9,12-13H,5-6,8H2,1-4H3,(H,19,20)/t12-,13+/m0/s1. The lowest BCUT2D eigenvalue weighted by atomic mass is 9.58. The topological polar surface area (TPSA) is 80.0 Å². The molecule has 2 rings (SSSR count). The van der Waals surface area contributed by atoms with Crippen molar-refractivity contribution in [2.24, 2.45) is 5.41 Å². The van der Waals surface area contributed by atoms with E-state index in [1.54, 1.807) is 19.1 Å². The van der Waals surface area contributed by atoms with Crippen LogP contribution in [-0.2, 0) is 4.74 Å². The molecular formula is C16H23NO5. The Balaban J connectivity index is 2.18. The largest absolute Gasteiger partial charge is 0.478 e. The van der Waals surface area contributed by atoms with Gasteiger partial charge in [-0.2, -0.15) is 0 Å². The molecule has 1 aromatic heterocycles. The first-order chi connectivity index (χ1) is 10.4. The van der Waals surface area contributed by atoms with Gasteiger partial charge in [0.15, 0.2) is 5.76 Å². The summed E-state index contributed by atoms with van der Waals surface area (Å²) >= 11 is 0. The first-order valence-electron chi connectivity index (χ1n) is 7.53. The number of carbonyl (C=O) groups excluding carboxylic acids is 1. The Labute approximate surface area is 130 Å². The van der Waals surface area contributed by atoms with E-state index < -0.39 is 5.97 Å². The molecule has 6 heteroatoms. The van der Waals surface area contributed by atoms with E-state index in [4.69, 9.17) is 14.3 Å². The highest BCUT2D eigenvalue weighted by molar-refractivity contribution is 5.95. The van der Waals surface area contributed by atoms with Crippen molar-refractivity contribution in [3.05, 3.63) is 23.7 Å². The smallest absolute Gasteiger partial charge is 0.338 e. The normalized spacial score (nSPS) is 22.9. The van der Waals surface area contributed by atoms with Crippen LogP contribution in [0.25, 0.3) is 0 Å². The molecule has 1 fully saturated rings. The van der Waals surface area contributed by atoms with Crippen molar-refractivity contribution < 1.29 is 23.8 Å². The van der Waals surface area contributed by atoms with Gasteiger partial charge in [-0.3, -0.25) is 4.79 Å². The summed E-state index contributed by atoms with van der Waals surface area (Å²) in [5.41, 5.74) is -0.0705. The molecule has 1 saturated carbocycles. The molecular weight excluding hydrogens is 286 g/mol. The number of hydrogen-bond donors (Lipinski definition) is 1. The van der Waals surface area contributed by atoms with Crippen LogP contribution in [0.2, 0.25) is 0 Å². The SMILES string of the molecule is CCC1(CC)[C@@H](N(C)C(=O)c2cc(C(=O)O)co2)C[C@H]1OC. The van der Waals surface area contributed by atoms with Crippen LogP contribution in [-0.4, -0.2) is 48.2 Å². The zero-order valence-corrected chi connectivity index (χ0v) is 13.5. The Kier molecular flexibility index (Phi) is 4.60. The van der Waals surface area contributed by atoms with Crippen molar-refractivity contribution >= 4 is 11.9 Å². The summed E-state index contributed by atoms with van der Waals surface area (Å²) in [5.74, 6) is -1.34. The molecule has 0 unspecified atom stereocenters. The fraction of sp³-hybridized carbons (Fsp3) is 0.625. The minimum Gasteiger partial charge on any atom is -0.478 e. The van der Waals surface area contributed by atoms with Gasteiger partial charge < -0.3 is 19.2 Å². The zero-order chi connectivity index (χ0) is 16.5. The second kappa shape index (κ2) is 6.12. The molecule has 0 saturated heterocycles. The monoisotopic (exact) mass is 309 g/mol. The summed E-state index contributed by atoms with van der Waals surface area (Å²) < 4.78 is 10.7. The molecule has 1 heterocycles. The number of amides is 1. The van der Waals surface area contributed by atoms with E-state index in [-0.39, 0.29) is 34.8 Å². The van der Waals surface area contributed by atoms with E-state index in [0.717, 1.165) is 25.5 Å². The molecule has 1 aliphatic rings. The molecule has 1 N–H and O–H groups in total. The van der Waals surface area contributed by atoms with Crippen LogP contribution in [0.4, 0.5) is 0 Å². The third kappa shape index (κ3) is 2.41. The zero-order valence-electron chi connectivity index (χ0n) is 13.5. The fourth-order valence-electron chi connectivity index (χ4n) is 3.65. The van der Waals surface area contributed by atoms with E-state index >= 15 is 0 Å². The summed E-state index contributed by atoms with van der Waals surface area (Å²) in [6.07, 6.45) is 3.86. The minimum absolute atomic E-state index is 0.0163. The summed E-state index contributed by atoms with van der Waals surface area (Å²) in [6, 6.07) is 1.34. The molecule has 0 radical (unpaired) electrons. The van der Waals surface area contributed by atoms with E-state index in [1.807, 2.05) is 0 Å². The van der Waals surface area contributed by atoms with Gasteiger partial charge in [0.25, 0.3) is 5.91 Å². The molecule has 0 aromatic carbocycles. The molecule has 1 aliphatic carbocycles. The van der Waals surface area contributed by atoms with Crippen LogP contribution in [0.3, 0.4) is 0 Å². The average molecular weight is 309 g/mol. The molecule has 6 nitrogen and oxygen atoms in total. The summed E-state index contributed by atoms with van der Waals surface area (Å²) in [4.78, 5) is 25.1. The van der Waals surface area contributed by atoms with Crippen LogP contribution in [0, 0.1) is 5.41 Å². The van der Waals surface area contributed by atoms with Gasteiger partial charge in [-0.05, 0) is 19.3 Å². The molecule has 1 amide bonds. The van der Waals surface area contributed by atoms with Crippen LogP contribution in [0.5, 0.6) is 0 Å². The van der Waals surface area contributed by atoms with Gasteiger partial charge in [-0.15, -0.1) is 0 Å². The van der Waals surface area contributed by atoms with E-state index in [1.165, 1.54) is 6.07 Å². The van der Waals surface area contributed by atoms with Crippen LogP contribution >= 0.6 is 0 Å². The van der Waals surface area contributed by atoms with Gasteiger partial charge >= 0.3 is 5.97 Å². The van der Waals surface area contributed by atoms with Gasteiger partial charge in [0.05, 0.1) is 11.7 Å². The molecule has 22 heavy (non-hydrogen) atoms. The first kappa shape index (κ1) is 16.5. The minimum atomic E-state index is -1.11. The van der Waals surface area contributed by atoms with Crippen molar-refractivity contribution in [1.82, 2.24) is 4.90 Å². The maximum atomic E-state index is 12.5. The average Bonchev–Trinajstić information content (AvgIpc) is 2.97. The Morgan fingerprint density at radius 3 is 2.55 bits per heavy atom. The fourth-order valence-corrected chi connectivity index (χ4v) is 3.65. The summed E-state index contributed by atoms with van der Waals surface area (Å²) in [7, 11) is 3.44. The van der Waals surface area contributed by atoms with Crippen molar-refractivity contribution in [3.8, 4) is 0 Å². The number of nitrogens with zero attached hydrogens (tertiary/aromatic N) is 1. The van der Waals surface area contributed by atoms with Crippen molar-refractivity contribution in [2.45, 2.75) is 45.3 Å². The highest BCUT2D eigenvalue weighted by Gasteiger charge is 2.55. The van der Waals surface area contributed by atoms with E-state index in [2.05, 4.69) is 13.8 Å². The number of ether oxygens (including phenoxy) is 1.